The maximum Gasteiger partial charge on any atom is 0.401 e. The van der Waals surface area contributed by atoms with E-state index in [2.05, 4.69) is 10.4 Å². The summed E-state index contributed by atoms with van der Waals surface area (Å²) in [6.07, 6.45) is -2.93. The molecule has 2 amide bonds. The van der Waals surface area contributed by atoms with Gasteiger partial charge in [0.15, 0.2) is 5.82 Å². The Labute approximate surface area is 244 Å². The number of benzene rings is 1. The second-order valence-electron chi connectivity index (χ2n) is 11.3. The third-order valence-corrected chi connectivity index (χ3v) is 7.22. The monoisotopic (exact) mass is 597 g/mol. The number of likely N-dealkylation sites (tertiary alicyclic amines) is 1. The largest absolute Gasteiger partial charge is 0.471 e. The van der Waals surface area contributed by atoms with Gasteiger partial charge in [0.1, 0.15) is 29.6 Å². The lowest BCUT2D eigenvalue weighted by atomic mass is 9.79. The number of hydrogen-bond donors (Lipinski definition) is 3. The number of amides is 2. The number of furan rings is 1. The Bertz CT molecular complexity index is 1620. The van der Waals surface area contributed by atoms with Crippen molar-refractivity contribution in [2.75, 3.05) is 11.9 Å². The van der Waals surface area contributed by atoms with E-state index in [-0.39, 0.29) is 48.0 Å². The van der Waals surface area contributed by atoms with Crippen molar-refractivity contribution in [2.24, 2.45) is 17.1 Å². The topological polar surface area (TPSA) is 171 Å². The molecule has 0 bridgehead atoms. The molecular weight excluding hydrogens is 567 g/mol. The summed E-state index contributed by atoms with van der Waals surface area (Å²) in [6, 6.07) is 8.38. The van der Waals surface area contributed by atoms with Crippen molar-refractivity contribution in [3.8, 4) is 6.07 Å². The Balaban J connectivity index is 1.81. The van der Waals surface area contributed by atoms with Crippen LogP contribution in [0.5, 0.6) is 0 Å². The van der Waals surface area contributed by atoms with Crippen molar-refractivity contribution >= 4 is 29.4 Å². The van der Waals surface area contributed by atoms with Gasteiger partial charge in [0.2, 0.25) is 11.8 Å². The molecule has 1 aliphatic rings. The van der Waals surface area contributed by atoms with E-state index in [9.17, 15) is 32.8 Å². The van der Waals surface area contributed by atoms with Crippen LogP contribution >= 0.6 is 0 Å². The lowest BCUT2D eigenvalue weighted by Crippen LogP contribution is -2.55. The number of carbonyl (C=O) groups is 3. The Morgan fingerprint density at radius 3 is 2.37 bits per heavy atom. The first kappa shape index (κ1) is 31.0. The highest BCUT2D eigenvalue weighted by Crippen LogP contribution is 2.45. The van der Waals surface area contributed by atoms with Crippen LogP contribution in [0.15, 0.2) is 41.2 Å². The van der Waals surface area contributed by atoms with Crippen LogP contribution in [0.3, 0.4) is 0 Å². The molecule has 11 nitrogen and oxygen atoms in total. The summed E-state index contributed by atoms with van der Waals surface area (Å²) in [4.78, 5) is 40.2. The Morgan fingerprint density at radius 1 is 1.21 bits per heavy atom. The number of nitrogen functional groups attached to an aromatic ring is 1. The molecule has 2 unspecified atom stereocenters. The van der Waals surface area contributed by atoms with Crippen LogP contribution in [-0.4, -0.2) is 51.0 Å². The highest BCUT2D eigenvalue weighted by Gasteiger charge is 2.56. The van der Waals surface area contributed by atoms with Gasteiger partial charge in [0.25, 0.3) is 5.91 Å². The predicted molar refractivity (Wildman–Crippen MR) is 148 cm³/mol. The van der Waals surface area contributed by atoms with Crippen LogP contribution in [0, 0.1) is 35.0 Å². The number of piperidine rings is 1. The van der Waals surface area contributed by atoms with Crippen molar-refractivity contribution in [1.29, 1.82) is 10.7 Å². The quantitative estimate of drug-likeness (QED) is 0.279. The first-order valence-corrected chi connectivity index (χ1v) is 13.3. The van der Waals surface area contributed by atoms with E-state index >= 15 is 0 Å². The molecule has 14 heteroatoms. The zero-order chi connectivity index (χ0) is 31.9. The van der Waals surface area contributed by atoms with Crippen LogP contribution in [0.2, 0.25) is 0 Å². The number of rotatable bonds is 6. The minimum absolute atomic E-state index is 0.0236. The molecule has 3 aromatic rings. The van der Waals surface area contributed by atoms with Crippen molar-refractivity contribution < 1.29 is 32.0 Å². The van der Waals surface area contributed by atoms with Crippen molar-refractivity contribution in [1.82, 2.24) is 14.7 Å². The minimum atomic E-state index is -5.08. The number of aryl methyl sites for hydroxylation is 1. The molecule has 2 aromatic heterocycles. The van der Waals surface area contributed by atoms with Gasteiger partial charge in [-0.25, -0.2) is 0 Å². The average molecular weight is 598 g/mol. The number of anilines is 1. The van der Waals surface area contributed by atoms with Gasteiger partial charge in [-0.3, -0.25) is 24.7 Å². The second-order valence-corrected chi connectivity index (χ2v) is 11.3. The van der Waals surface area contributed by atoms with Crippen LogP contribution in [0.4, 0.5) is 19.0 Å². The van der Waals surface area contributed by atoms with Gasteiger partial charge in [-0.05, 0) is 18.9 Å². The van der Waals surface area contributed by atoms with E-state index in [0.717, 1.165) is 10.9 Å². The fraction of sp³-hybridized carbons (Fsp3) is 0.379. The van der Waals surface area contributed by atoms with Gasteiger partial charge >= 0.3 is 6.18 Å². The standard InChI is InChI=1S/C29H30F3N7O4/c1-15-13-43-14-20(15)25(40)39-24(36-12-16-5-7-17(8-6-16)23(34)35)19(11-33)22(37-39)18-9-10-38(27(42)28(2,3)4)26(41)21(18)29(30,31)32/h5-8,13-14,18,21,36H,9-10,12H2,1-4H3,(H3,34,35). The molecular formula is C29H30F3N7O4. The Morgan fingerprint density at radius 2 is 1.86 bits per heavy atom. The van der Waals surface area contributed by atoms with Gasteiger partial charge in [-0.2, -0.15) is 28.2 Å². The van der Waals surface area contributed by atoms with Crippen LogP contribution in [0.25, 0.3) is 0 Å². The van der Waals surface area contributed by atoms with Gasteiger partial charge in [0, 0.05) is 35.5 Å². The molecule has 0 saturated carbocycles. The third-order valence-electron chi connectivity index (χ3n) is 7.22. The molecule has 1 saturated heterocycles. The molecule has 226 valence electrons. The van der Waals surface area contributed by atoms with E-state index in [1.807, 2.05) is 6.07 Å². The van der Waals surface area contributed by atoms with E-state index in [4.69, 9.17) is 15.6 Å². The lowest BCUT2D eigenvalue weighted by Gasteiger charge is -2.39. The summed E-state index contributed by atoms with van der Waals surface area (Å²) < 4.78 is 49.4. The maximum atomic E-state index is 14.5. The van der Waals surface area contributed by atoms with Gasteiger partial charge in [-0.15, -0.1) is 0 Å². The molecule has 2 atom stereocenters. The molecule has 3 heterocycles. The lowest BCUT2D eigenvalue weighted by molar-refractivity contribution is -0.200. The zero-order valence-corrected chi connectivity index (χ0v) is 23.9. The number of halogens is 3. The number of nitriles is 1. The molecule has 1 aromatic carbocycles. The summed E-state index contributed by atoms with van der Waals surface area (Å²) in [5.74, 6) is -7.56. The molecule has 0 aliphatic carbocycles. The second kappa shape index (κ2) is 11.4. The molecule has 0 radical (unpaired) electrons. The van der Waals surface area contributed by atoms with Crippen molar-refractivity contribution in [3.05, 3.63) is 70.3 Å². The van der Waals surface area contributed by atoms with E-state index in [0.29, 0.717) is 21.6 Å². The summed E-state index contributed by atoms with van der Waals surface area (Å²) >= 11 is 0. The Hall–Kier alpha value is -4.93. The Kier molecular flexibility index (Phi) is 8.22. The minimum Gasteiger partial charge on any atom is -0.471 e. The fourth-order valence-corrected chi connectivity index (χ4v) is 4.95. The molecule has 4 rings (SSSR count). The van der Waals surface area contributed by atoms with Gasteiger partial charge < -0.3 is 15.5 Å². The molecule has 1 fully saturated rings. The van der Waals surface area contributed by atoms with Gasteiger partial charge in [-0.1, -0.05) is 45.0 Å². The summed E-state index contributed by atoms with van der Waals surface area (Å²) in [5.41, 5.74) is 5.30. The maximum absolute atomic E-state index is 14.5. The normalized spacial score (nSPS) is 17.4. The van der Waals surface area contributed by atoms with E-state index in [1.54, 1.807) is 31.2 Å². The third kappa shape index (κ3) is 6.01. The number of nitrogens with two attached hydrogens (primary N) is 1. The molecule has 0 spiro atoms. The van der Waals surface area contributed by atoms with Crippen LogP contribution in [-0.2, 0) is 16.1 Å². The number of aromatic nitrogens is 2. The van der Waals surface area contributed by atoms with Crippen LogP contribution < -0.4 is 11.1 Å². The van der Waals surface area contributed by atoms with Gasteiger partial charge in [0.05, 0.1) is 17.5 Å². The van der Waals surface area contributed by atoms with Crippen molar-refractivity contribution in [3.63, 3.8) is 0 Å². The number of nitrogens with zero attached hydrogens (tertiary/aromatic N) is 4. The summed E-state index contributed by atoms with van der Waals surface area (Å²) in [7, 11) is 0. The highest BCUT2D eigenvalue weighted by atomic mass is 19.4. The number of nitrogens with one attached hydrogen (secondary N) is 2. The first-order chi connectivity index (χ1) is 20.1. The van der Waals surface area contributed by atoms with E-state index in [1.165, 1.54) is 27.0 Å². The smallest absolute Gasteiger partial charge is 0.401 e. The summed E-state index contributed by atoms with van der Waals surface area (Å²) in [5, 5.41) is 24.9. The SMILES string of the molecule is Cc1cocc1C(=O)n1nc(C2CCN(C(=O)C(C)(C)C)C(=O)C2C(F)(F)F)c(C#N)c1NCc1ccc(C(=N)N)cc1. The van der Waals surface area contributed by atoms with Crippen LogP contribution in [0.1, 0.15) is 71.4 Å². The predicted octanol–water partition coefficient (Wildman–Crippen LogP) is 4.31. The number of hydrogen-bond acceptors (Lipinski definition) is 8. The molecule has 4 N–H and O–H groups in total. The number of amidine groups is 1. The number of carbonyl (C=O) groups excluding carboxylic acids is 3. The molecule has 1 aliphatic heterocycles. The average Bonchev–Trinajstić information content (AvgIpc) is 3.53. The highest BCUT2D eigenvalue weighted by molar-refractivity contribution is 6.00. The first-order valence-electron chi connectivity index (χ1n) is 13.3. The van der Waals surface area contributed by atoms with Crippen molar-refractivity contribution in [2.45, 2.75) is 52.8 Å². The number of alkyl halides is 3. The zero-order valence-electron chi connectivity index (χ0n) is 23.9. The summed E-state index contributed by atoms with van der Waals surface area (Å²) in [6.45, 7) is 5.81. The van der Waals surface area contributed by atoms with E-state index < -0.39 is 41.1 Å². The molecule has 43 heavy (non-hydrogen) atoms. The fourth-order valence-electron chi connectivity index (χ4n) is 4.95. The number of imide groups is 1.